The third kappa shape index (κ3) is 5.92. The molecule has 0 bridgehead atoms. The first kappa shape index (κ1) is 21.1. The number of rotatable bonds is 6. The number of nitrogens with zero attached hydrogens (tertiary/aromatic N) is 2. The average molecular weight is 424 g/mol. The summed E-state index contributed by atoms with van der Waals surface area (Å²) in [6, 6.07) is 17.4. The third-order valence-corrected chi connectivity index (χ3v) is 5.64. The van der Waals surface area contributed by atoms with Crippen LogP contribution in [0.5, 0.6) is 0 Å². The summed E-state index contributed by atoms with van der Waals surface area (Å²) in [5.74, 6) is -0.0471. The summed E-state index contributed by atoms with van der Waals surface area (Å²) in [4.78, 5) is 22.2. The highest BCUT2D eigenvalue weighted by atomic mass is 35.5. The van der Waals surface area contributed by atoms with Gasteiger partial charge in [0.15, 0.2) is 0 Å². The van der Waals surface area contributed by atoms with Crippen LogP contribution in [-0.4, -0.2) is 22.4 Å². The number of halogens is 1. The number of aryl methyl sites for hydroxylation is 2. The molecule has 0 aliphatic heterocycles. The second kappa shape index (κ2) is 9.72. The topological polar surface area (TPSA) is 54.4 Å². The van der Waals surface area contributed by atoms with E-state index in [0.29, 0.717) is 5.15 Å². The van der Waals surface area contributed by atoms with Gasteiger partial charge in [0.05, 0.1) is 10.9 Å². The Balaban J connectivity index is 1.73. The number of para-hydroxylation sites is 1. The van der Waals surface area contributed by atoms with E-state index in [2.05, 4.69) is 21.4 Å². The zero-order chi connectivity index (χ0) is 20.8. The lowest BCUT2D eigenvalue weighted by Gasteiger charge is -2.14. The van der Waals surface area contributed by atoms with Crippen molar-refractivity contribution in [2.45, 2.75) is 30.9 Å². The van der Waals surface area contributed by atoms with Crippen LogP contribution < -0.4 is 5.32 Å². The van der Waals surface area contributed by atoms with Gasteiger partial charge in [0, 0.05) is 28.6 Å². The van der Waals surface area contributed by atoms with Gasteiger partial charge in [0.2, 0.25) is 5.91 Å². The maximum absolute atomic E-state index is 12.7. The highest BCUT2D eigenvalue weighted by Gasteiger charge is 2.16. The molecular weight excluding hydrogens is 402 g/mol. The molecule has 1 heterocycles. The minimum absolute atomic E-state index is 0.0471. The van der Waals surface area contributed by atoms with E-state index in [-0.39, 0.29) is 11.2 Å². The first-order chi connectivity index (χ1) is 13.9. The van der Waals surface area contributed by atoms with E-state index in [4.69, 9.17) is 11.6 Å². The predicted molar refractivity (Wildman–Crippen MR) is 123 cm³/mol. The molecule has 0 saturated carbocycles. The van der Waals surface area contributed by atoms with Crippen molar-refractivity contribution in [1.82, 2.24) is 4.98 Å². The Labute approximate surface area is 180 Å². The lowest BCUT2D eigenvalue weighted by Crippen LogP contribution is -2.22. The summed E-state index contributed by atoms with van der Waals surface area (Å²) in [6.45, 7) is 5.92. The molecule has 0 radical (unpaired) electrons. The van der Waals surface area contributed by atoms with E-state index in [1.54, 1.807) is 12.4 Å². The van der Waals surface area contributed by atoms with Crippen LogP contribution in [0.1, 0.15) is 23.6 Å². The molecule has 0 fully saturated rings. The fourth-order valence-electron chi connectivity index (χ4n) is 2.83. The smallest absolute Gasteiger partial charge is 0.237 e. The van der Waals surface area contributed by atoms with Crippen molar-refractivity contribution >= 4 is 46.9 Å². The Hall–Kier alpha value is -2.63. The van der Waals surface area contributed by atoms with Crippen LogP contribution in [0.15, 0.2) is 70.7 Å². The molecule has 6 heteroatoms. The van der Waals surface area contributed by atoms with Gasteiger partial charge in [-0.1, -0.05) is 29.8 Å². The molecular formula is C23H22ClN3OS. The number of aromatic nitrogens is 1. The second-order valence-electron chi connectivity index (χ2n) is 6.74. The van der Waals surface area contributed by atoms with Gasteiger partial charge in [-0.05, 0) is 68.3 Å². The monoisotopic (exact) mass is 423 g/mol. The molecule has 0 unspecified atom stereocenters. The Kier molecular flexibility index (Phi) is 7.07. The second-order valence-corrected chi connectivity index (χ2v) is 8.48. The van der Waals surface area contributed by atoms with Crippen LogP contribution >= 0.6 is 23.4 Å². The number of carbonyl (C=O) groups excluding carboxylic acids is 1. The Morgan fingerprint density at radius 1 is 1.14 bits per heavy atom. The lowest BCUT2D eigenvalue weighted by atomic mass is 10.1. The summed E-state index contributed by atoms with van der Waals surface area (Å²) < 4.78 is 0. The van der Waals surface area contributed by atoms with Gasteiger partial charge in [0.25, 0.3) is 0 Å². The number of benzene rings is 2. The predicted octanol–water partition coefficient (Wildman–Crippen LogP) is 6.22. The van der Waals surface area contributed by atoms with Crippen molar-refractivity contribution in [3.8, 4) is 0 Å². The van der Waals surface area contributed by atoms with Gasteiger partial charge in [0.1, 0.15) is 5.15 Å². The molecule has 1 N–H and O–H groups in total. The van der Waals surface area contributed by atoms with Crippen LogP contribution in [0.3, 0.4) is 0 Å². The van der Waals surface area contributed by atoms with Gasteiger partial charge in [-0.25, -0.2) is 4.98 Å². The molecule has 3 rings (SSSR count). The van der Waals surface area contributed by atoms with Crippen LogP contribution in [0, 0.1) is 13.8 Å². The van der Waals surface area contributed by atoms with Crippen LogP contribution in [0.25, 0.3) is 0 Å². The standard InChI is InChI=1S/C23H22ClN3OS/c1-15-11-16(2)13-19(12-15)27-23(28)17(3)29-21-9-5-4-8-20(21)26-14-18-7-6-10-25-22(18)24/h4-14,17H,1-3H3,(H,27,28)/t17-/m0/s1. The summed E-state index contributed by atoms with van der Waals surface area (Å²) >= 11 is 7.57. The van der Waals surface area contributed by atoms with E-state index in [1.165, 1.54) is 11.8 Å². The van der Waals surface area contributed by atoms with E-state index >= 15 is 0 Å². The molecule has 2 aromatic carbocycles. The summed E-state index contributed by atoms with van der Waals surface area (Å²) in [5, 5.41) is 3.13. The zero-order valence-electron chi connectivity index (χ0n) is 16.5. The van der Waals surface area contributed by atoms with Crippen molar-refractivity contribution in [2.24, 2.45) is 4.99 Å². The van der Waals surface area contributed by atoms with Crippen molar-refractivity contribution in [2.75, 3.05) is 5.32 Å². The van der Waals surface area contributed by atoms with Crippen molar-refractivity contribution in [3.63, 3.8) is 0 Å². The number of nitrogens with one attached hydrogen (secondary N) is 1. The molecule has 0 aliphatic carbocycles. The third-order valence-electron chi connectivity index (χ3n) is 4.16. The van der Waals surface area contributed by atoms with Crippen molar-refractivity contribution in [3.05, 3.63) is 82.6 Å². The summed E-state index contributed by atoms with van der Waals surface area (Å²) in [5.41, 5.74) is 4.58. The largest absolute Gasteiger partial charge is 0.325 e. The van der Waals surface area contributed by atoms with Gasteiger partial charge in [-0.2, -0.15) is 0 Å². The number of pyridine rings is 1. The maximum atomic E-state index is 12.7. The van der Waals surface area contributed by atoms with Gasteiger partial charge in [-0.3, -0.25) is 9.79 Å². The van der Waals surface area contributed by atoms with Crippen LogP contribution in [0.2, 0.25) is 5.15 Å². The molecule has 148 valence electrons. The highest BCUT2D eigenvalue weighted by molar-refractivity contribution is 8.00. The van der Waals surface area contributed by atoms with E-state index in [1.807, 2.05) is 69.3 Å². The fourth-order valence-corrected chi connectivity index (χ4v) is 3.95. The molecule has 1 atom stereocenters. The summed E-state index contributed by atoms with van der Waals surface area (Å²) in [7, 11) is 0. The maximum Gasteiger partial charge on any atom is 0.237 e. The Morgan fingerprint density at radius 3 is 2.59 bits per heavy atom. The van der Waals surface area contributed by atoms with Gasteiger partial charge < -0.3 is 5.32 Å². The van der Waals surface area contributed by atoms with Crippen LogP contribution in [0.4, 0.5) is 11.4 Å². The highest BCUT2D eigenvalue weighted by Crippen LogP contribution is 2.33. The molecule has 1 amide bonds. The Bertz CT molecular complexity index is 1030. The lowest BCUT2D eigenvalue weighted by molar-refractivity contribution is -0.115. The number of aliphatic imine (C=N–C) groups is 1. The molecule has 4 nitrogen and oxygen atoms in total. The molecule has 0 spiro atoms. The minimum Gasteiger partial charge on any atom is -0.325 e. The van der Waals surface area contributed by atoms with Gasteiger partial charge in [-0.15, -0.1) is 11.8 Å². The number of amides is 1. The normalized spacial score (nSPS) is 12.1. The number of thioether (sulfide) groups is 1. The van der Waals surface area contributed by atoms with Crippen molar-refractivity contribution in [1.29, 1.82) is 0 Å². The van der Waals surface area contributed by atoms with E-state index < -0.39 is 0 Å². The van der Waals surface area contributed by atoms with E-state index in [0.717, 1.165) is 33.0 Å². The molecule has 29 heavy (non-hydrogen) atoms. The molecule has 0 aliphatic rings. The Morgan fingerprint density at radius 2 is 1.86 bits per heavy atom. The minimum atomic E-state index is -0.283. The molecule has 1 aromatic heterocycles. The zero-order valence-corrected chi connectivity index (χ0v) is 18.1. The number of hydrogen-bond donors (Lipinski definition) is 1. The first-order valence-corrected chi connectivity index (χ1v) is 10.5. The fraction of sp³-hybridized carbons (Fsp3) is 0.174. The quantitative estimate of drug-likeness (QED) is 0.291. The number of hydrogen-bond acceptors (Lipinski definition) is 4. The van der Waals surface area contributed by atoms with Gasteiger partial charge >= 0.3 is 0 Å². The molecule has 0 saturated heterocycles. The number of anilines is 1. The van der Waals surface area contributed by atoms with Crippen LogP contribution in [-0.2, 0) is 4.79 Å². The first-order valence-electron chi connectivity index (χ1n) is 9.22. The molecule has 3 aromatic rings. The van der Waals surface area contributed by atoms with Crippen molar-refractivity contribution < 1.29 is 4.79 Å². The average Bonchev–Trinajstić information content (AvgIpc) is 2.67. The van der Waals surface area contributed by atoms with E-state index in [9.17, 15) is 4.79 Å². The number of carbonyl (C=O) groups is 1. The summed E-state index contributed by atoms with van der Waals surface area (Å²) in [6.07, 6.45) is 3.33. The SMILES string of the molecule is Cc1cc(C)cc(NC(=O)[C@H](C)Sc2ccccc2N=Cc2cccnc2Cl)c1.